The van der Waals surface area contributed by atoms with Crippen molar-refractivity contribution in [1.82, 2.24) is 0 Å². The smallest absolute Gasteiger partial charge is 0.157 e. The van der Waals surface area contributed by atoms with E-state index in [1.54, 1.807) is 6.92 Å². The Labute approximate surface area is 44.1 Å². The first-order chi connectivity index (χ1) is 3.18. The van der Waals surface area contributed by atoms with Crippen molar-refractivity contribution in [3.8, 4) is 0 Å². The van der Waals surface area contributed by atoms with E-state index in [2.05, 4.69) is 0 Å². The van der Waals surface area contributed by atoms with Gasteiger partial charge in [0.25, 0.3) is 0 Å². The minimum Gasteiger partial charge on any atom is -0.624 e. The second kappa shape index (κ2) is 2.61. The van der Waals surface area contributed by atoms with Gasteiger partial charge in [0.05, 0.1) is 0 Å². The van der Waals surface area contributed by atoms with Gasteiger partial charge in [-0.3, -0.25) is 0 Å². The summed E-state index contributed by atoms with van der Waals surface area (Å²) in [5, 5.41) is 10.4. The van der Waals surface area contributed by atoms with E-state index in [0.717, 1.165) is 4.74 Å². The van der Waals surface area contributed by atoms with Crippen molar-refractivity contribution in [2.45, 2.75) is 26.8 Å². The SMILES string of the molecule is C/C=[N+](\[O-])C(C)C. The van der Waals surface area contributed by atoms with Gasteiger partial charge in [-0.25, -0.2) is 4.74 Å². The molecule has 0 rings (SSSR count). The lowest BCUT2D eigenvalue weighted by molar-refractivity contribution is -0.487. The van der Waals surface area contributed by atoms with Crippen LogP contribution in [-0.2, 0) is 0 Å². The Morgan fingerprint density at radius 3 is 2.00 bits per heavy atom. The lowest BCUT2D eigenvalue weighted by Crippen LogP contribution is -2.12. The fourth-order valence-electron chi connectivity index (χ4n) is 0.298. The van der Waals surface area contributed by atoms with Gasteiger partial charge in [-0.15, -0.1) is 0 Å². The standard InChI is InChI=1S/C5H11NO/c1-4-6(7)5(2)3/h4-5H,1-3H3/b6-4-. The first-order valence-corrected chi connectivity index (χ1v) is 2.43. The van der Waals surface area contributed by atoms with Crippen LogP contribution in [0.25, 0.3) is 0 Å². The molecule has 0 aromatic heterocycles. The molecule has 0 atom stereocenters. The summed E-state index contributed by atoms with van der Waals surface area (Å²) in [4.78, 5) is 0. The first kappa shape index (κ1) is 6.47. The molecule has 0 aromatic rings. The Balaban J connectivity index is 3.56. The maximum absolute atomic E-state index is 10.4. The molecule has 0 aromatic carbocycles. The molecule has 0 aliphatic carbocycles. The molecule has 0 bridgehead atoms. The van der Waals surface area contributed by atoms with Crippen LogP contribution in [0.1, 0.15) is 20.8 Å². The van der Waals surface area contributed by atoms with E-state index in [1.807, 2.05) is 13.8 Å². The fraction of sp³-hybridized carbons (Fsp3) is 0.800. The van der Waals surface area contributed by atoms with Crippen LogP contribution in [0, 0.1) is 5.21 Å². The second-order valence-corrected chi connectivity index (χ2v) is 1.71. The van der Waals surface area contributed by atoms with Crippen LogP contribution in [0.4, 0.5) is 0 Å². The highest BCUT2D eigenvalue weighted by atomic mass is 16.5. The monoisotopic (exact) mass is 101 g/mol. The van der Waals surface area contributed by atoms with Crippen LogP contribution >= 0.6 is 0 Å². The Bertz CT molecular complexity index is 76.1. The predicted molar refractivity (Wildman–Crippen MR) is 30.5 cm³/mol. The van der Waals surface area contributed by atoms with Crippen LogP contribution in [0.15, 0.2) is 0 Å². The van der Waals surface area contributed by atoms with Gasteiger partial charge in [-0.2, -0.15) is 0 Å². The molecule has 0 saturated heterocycles. The first-order valence-electron chi connectivity index (χ1n) is 2.43. The second-order valence-electron chi connectivity index (χ2n) is 1.71. The number of nitrogens with zero attached hydrogens (tertiary/aromatic N) is 1. The molecule has 0 aliphatic heterocycles. The molecule has 2 nitrogen and oxygen atoms in total. The highest BCUT2D eigenvalue weighted by Crippen LogP contribution is 1.81. The Kier molecular flexibility index (Phi) is 2.41. The van der Waals surface area contributed by atoms with Crippen LogP contribution in [-0.4, -0.2) is 17.0 Å². The fourth-order valence-corrected chi connectivity index (χ4v) is 0.298. The molecule has 0 saturated carbocycles. The van der Waals surface area contributed by atoms with Crippen molar-refractivity contribution >= 4 is 6.21 Å². The summed E-state index contributed by atoms with van der Waals surface area (Å²) in [7, 11) is 0. The molecule has 0 unspecified atom stereocenters. The molecule has 42 valence electrons. The van der Waals surface area contributed by atoms with Crippen molar-refractivity contribution in [3.05, 3.63) is 5.21 Å². The van der Waals surface area contributed by atoms with E-state index in [-0.39, 0.29) is 6.04 Å². The van der Waals surface area contributed by atoms with Gasteiger partial charge in [0.2, 0.25) is 0 Å². The zero-order chi connectivity index (χ0) is 5.86. The zero-order valence-electron chi connectivity index (χ0n) is 5.01. The Hall–Kier alpha value is -0.530. The molecule has 0 aliphatic rings. The van der Waals surface area contributed by atoms with Crippen LogP contribution in [0.3, 0.4) is 0 Å². The average Bonchev–Trinajstić information content (AvgIpc) is 1.65. The Morgan fingerprint density at radius 1 is 1.57 bits per heavy atom. The highest BCUT2D eigenvalue weighted by Gasteiger charge is 1.93. The van der Waals surface area contributed by atoms with Gasteiger partial charge >= 0.3 is 0 Å². The van der Waals surface area contributed by atoms with Gasteiger partial charge < -0.3 is 5.21 Å². The maximum atomic E-state index is 10.4. The molecule has 2 heteroatoms. The third kappa shape index (κ3) is 2.20. The molecule has 0 amide bonds. The van der Waals surface area contributed by atoms with Gasteiger partial charge in [-0.1, -0.05) is 0 Å². The molecular formula is C5H11NO. The van der Waals surface area contributed by atoms with Gasteiger partial charge in [0.15, 0.2) is 6.04 Å². The number of hydrogen-bond acceptors (Lipinski definition) is 1. The Morgan fingerprint density at radius 2 is 2.00 bits per heavy atom. The summed E-state index contributed by atoms with van der Waals surface area (Å²) in [6.07, 6.45) is 1.52. The summed E-state index contributed by atoms with van der Waals surface area (Å²) in [6.45, 7) is 5.44. The lowest BCUT2D eigenvalue weighted by atomic mass is 10.4. The normalized spacial score (nSPS) is 12.9. The van der Waals surface area contributed by atoms with Crippen LogP contribution in [0.5, 0.6) is 0 Å². The third-order valence-electron chi connectivity index (χ3n) is 0.763. The van der Waals surface area contributed by atoms with E-state index in [9.17, 15) is 5.21 Å². The number of hydroxylamine groups is 1. The van der Waals surface area contributed by atoms with Crippen LogP contribution < -0.4 is 0 Å². The van der Waals surface area contributed by atoms with Gasteiger partial charge in [0.1, 0.15) is 6.21 Å². The van der Waals surface area contributed by atoms with Crippen LogP contribution in [0.2, 0.25) is 0 Å². The molecule has 0 fully saturated rings. The lowest BCUT2D eigenvalue weighted by Gasteiger charge is -2.04. The zero-order valence-corrected chi connectivity index (χ0v) is 5.01. The van der Waals surface area contributed by atoms with E-state index < -0.39 is 0 Å². The number of rotatable bonds is 1. The molecule has 0 heterocycles. The van der Waals surface area contributed by atoms with Gasteiger partial charge in [0, 0.05) is 6.92 Å². The predicted octanol–water partition coefficient (Wildman–Crippen LogP) is 0.996. The van der Waals surface area contributed by atoms with E-state index in [0.29, 0.717) is 0 Å². The quantitative estimate of drug-likeness (QED) is 0.209. The molecule has 7 heavy (non-hydrogen) atoms. The minimum atomic E-state index is 0.0880. The third-order valence-corrected chi connectivity index (χ3v) is 0.763. The summed E-state index contributed by atoms with van der Waals surface area (Å²) < 4.78 is 0.917. The maximum Gasteiger partial charge on any atom is 0.157 e. The highest BCUT2D eigenvalue weighted by molar-refractivity contribution is 5.46. The summed E-state index contributed by atoms with van der Waals surface area (Å²) in [5.74, 6) is 0. The molecule has 0 radical (unpaired) electrons. The van der Waals surface area contributed by atoms with E-state index in [4.69, 9.17) is 0 Å². The summed E-state index contributed by atoms with van der Waals surface area (Å²) in [6, 6.07) is 0.0880. The molecule has 0 N–H and O–H groups in total. The van der Waals surface area contributed by atoms with Crippen molar-refractivity contribution in [3.63, 3.8) is 0 Å². The van der Waals surface area contributed by atoms with Crippen molar-refractivity contribution in [2.75, 3.05) is 0 Å². The summed E-state index contributed by atoms with van der Waals surface area (Å²) in [5.41, 5.74) is 0. The van der Waals surface area contributed by atoms with E-state index >= 15 is 0 Å². The average molecular weight is 101 g/mol. The van der Waals surface area contributed by atoms with E-state index in [1.165, 1.54) is 6.21 Å². The van der Waals surface area contributed by atoms with Crippen molar-refractivity contribution in [2.24, 2.45) is 0 Å². The largest absolute Gasteiger partial charge is 0.624 e. The topological polar surface area (TPSA) is 26.1 Å². The van der Waals surface area contributed by atoms with Gasteiger partial charge in [-0.05, 0) is 13.8 Å². The summed E-state index contributed by atoms with van der Waals surface area (Å²) >= 11 is 0. The molecular weight excluding hydrogens is 90.1 g/mol. The molecule has 0 spiro atoms. The number of hydrogen-bond donors (Lipinski definition) is 0. The van der Waals surface area contributed by atoms with Crippen molar-refractivity contribution < 1.29 is 4.74 Å². The minimum absolute atomic E-state index is 0.0880. The van der Waals surface area contributed by atoms with Crippen molar-refractivity contribution in [1.29, 1.82) is 0 Å².